The minimum atomic E-state index is -0.642. The standard InChI is InChI=1S/C18H15ClN2O4/c19-16-8-5-13(10-20-16)18(24)25-11-15(22)12-3-6-14(7-4-12)21-9-1-2-17(21)23/h3-8,10H,1-2,9,11H2. The maximum Gasteiger partial charge on any atom is 0.340 e. The average molecular weight is 359 g/mol. The summed E-state index contributed by atoms with van der Waals surface area (Å²) in [5.74, 6) is -0.879. The molecular formula is C18H15ClN2O4. The molecule has 1 fully saturated rings. The van der Waals surface area contributed by atoms with Crippen LogP contribution in [0.2, 0.25) is 5.15 Å². The fourth-order valence-electron chi connectivity index (χ4n) is 2.54. The van der Waals surface area contributed by atoms with Crippen molar-refractivity contribution < 1.29 is 19.1 Å². The van der Waals surface area contributed by atoms with E-state index < -0.39 is 5.97 Å². The van der Waals surface area contributed by atoms with Gasteiger partial charge in [-0.1, -0.05) is 11.6 Å². The number of hydrogen-bond acceptors (Lipinski definition) is 5. The molecule has 0 N–H and O–H groups in total. The number of benzene rings is 1. The molecule has 2 aromatic rings. The minimum absolute atomic E-state index is 0.0876. The summed E-state index contributed by atoms with van der Waals surface area (Å²) in [4.78, 5) is 41.2. The van der Waals surface area contributed by atoms with Gasteiger partial charge in [0.1, 0.15) is 5.15 Å². The molecule has 6 nitrogen and oxygen atoms in total. The van der Waals surface area contributed by atoms with Crippen LogP contribution in [0.1, 0.15) is 33.6 Å². The second-order valence-corrected chi connectivity index (χ2v) is 5.95. The van der Waals surface area contributed by atoms with Crippen LogP contribution in [-0.2, 0) is 9.53 Å². The van der Waals surface area contributed by atoms with Crippen molar-refractivity contribution in [2.24, 2.45) is 0 Å². The first-order valence-corrected chi connectivity index (χ1v) is 8.15. The number of carbonyl (C=O) groups is 3. The first-order valence-electron chi connectivity index (χ1n) is 7.77. The lowest BCUT2D eigenvalue weighted by Gasteiger charge is -2.15. The van der Waals surface area contributed by atoms with Crippen LogP contribution in [0.25, 0.3) is 0 Å². The maximum absolute atomic E-state index is 12.1. The fourth-order valence-corrected chi connectivity index (χ4v) is 2.65. The van der Waals surface area contributed by atoms with E-state index >= 15 is 0 Å². The van der Waals surface area contributed by atoms with Gasteiger partial charge in [0.25, 0.3) is 0 Å². The van der Waals surface area contributed by atoms with E-state index in [-0.39, 0.29) is 29.0 Å². The van der Waals surface area contributed by atoms with Crippen LogP contribution < -0.4 is 4.90 Å². The molecule has 0 spiro atoms. The Labute approximate surface area is 149 Å². The van der Waals surface area contributed by atoms with Crippen LogP contribution in [0.3, 0.4) is 0 Å². The summed E-state index contributed by atoms with van der Waals surface area (Å²) in [7, 11) is 0. The van der Waals surface area contributed by atoms with Crippen LogP contribution in [0.5, 0.6) is 0 Å². The quantitative estimate of drug-likeness (QED) is 0.466. The number of halogens is 1. The summed E-state index contributed by atoms with van der Waals surface area (Å²) < 4.78 is 5.00. The Morgan fingerprint density at radius 1 is 1.12 bits per heavy atom. The summed E-state index contributed by atoms with van der Waals surface area (Å²) in [5, 5.41) is 0.268. The van der Waals surface area contributed by atoms with Crippen LogP contribution in [-0.4, -0.2) is 35.8 Å². The van der Waals surface area contributed by atoms with E-state index in [0.717, 1.165) is 12.1 Å². The van der Waals surface area contributed by atoms with Gasteiger partial charge in [0.2, 0.25) is 5.91 Å². The lowest BCUT2D eigenvalue weighted by Crippen LogP contribution is -2.23. The number of rotatable bonds is 5. The van der Waals surface area contributed by atoms with Crippen molar-refractivity contribution in [3.8, 4) is 0 Å². The molecule has 1 aromatic carbocycles. The molecule has 7 heteroatoms. The Morgan fingerprint density at radius 3 is 2.44 bits per heavy atom. The van der Waals surface area contributed by atoms with Gasteiger partial charge < -0.3 is 9.64 Å². The number of amides is 1. The smallest absolute Gasteiger partial charge is 0.340 e. The highest BCUT2D eigenvalue weighted by Gasteiger charge is 2.21. The lowest BCUT2D eigenvalue weighted by atomic mass is 10.1. The van der Waals surface area contributed by atoms with Gasteiger partial charge >= 0.3 is 5.97 Å². The van der Waals surface area contributed by atoms with E-state index in [0.29, 0.717) is 18.5 Å². The van der Waals surface area contributed by atoms with Crippen LogP contribution in [0, 0.1) is 0 Å². The van der Waals surface area contributed by atoms with Gasteiger partial charge in [-0.15, -0.1) is 0 Å². The highest BCUT2D eigenvalue weighted by molar-refractivity contribution is 6.29. The molecule has 128 valence electrons. The van der Waals surface area contributed by atoms with Crippen LogP contribution in [0.15, 0.2) is 42.6 Å². The largest absolute Gasteiger partial charge is 0.454 e. The molecule has 1 aliphatic heterocycles. The van der Waals surface area contributed by atoms with Crippen molar-refractivity contribution in [2.45, 2.75) is 12.8 Å². The van der Waals surface area contributed by atoms with Gasteiger partial charge in [0.05, 0.1) is 5.56 Å². The SMILES string of the molecule is O=C(COC(=O)c1ccc(Cl)nc1)c1ccc(N2CCCC2=O)cc1. The zero-order valence-corrected chi connectivity index (χ0v) is 14.0. The van der Waals surface area contributed by atoms with Gasteiger partial charge in [0.15, 0.2) is 12.4 Å². The van der Waals surface area contributed by atoms with Crippen molar-refractivity contribution in [1.82, 2.24) is 4.98 Å². The van der Waals surface area contributed by atoms with E-state index in [1.807, 2.05) is 0 Å². The summed E-state index contributed by atoms with van der Waals surface area (Å²) in [6, 6.07) is 9.65. The summed E-state index contributed by atoms with van der Waals surface area (Å²) in [6.07, 6.45) is 2.68. The Hall–Kier alpha value is -2.73. The van der Waals surface area contributed by atoms with E-state index in [1.165, 1.54) is 18.3 Å². The number of Topliss-reactive ketones (excluding diaryl/α,β-unsaturated/α-hetero) is 1. The number of aromatic nitrogens is 1. The number of nitrogens with zero attached hydrogens (tertiary/aromatic N) is 2. The second kappa shape index (κ2) is 7.44. The fraction of sp³-hybridized carbons (Fsp3) is 0.222. The number of ether oxygens (including phenoxy) is 1. The van der Waals surface area contributed by atoms with E-state index in [1.54, 1.807) is 29.2 Å². The molecule has 2 heterocycles. The lowest BCUT2D eigenvalue weighted by molar-refractivity contribution is -0.117. The summed E-state index contributed by atoms with van der Waals surface area (Å²) in [5.41, 5.74) is 1.40. The summed E-state index contributed by atoms with van der Waals surface area (Å²) >= 11 is 5.65. The molecule has 0 saturated carbocycles. The molecule has 1 aliphatic rings. The molecule has 0 bridgehead atoms. The van der Waals surface area contributed by atoms with Crippen molar-refractivity contribution in [2.75, 3.05) is 18.1 Å². The normalized spacial score (nSPS) is 13.8. The number of esters is 1. The Bertz CT molecular complexity index is 803. The Balaban J connectivity index is 1.58. The number of carbonyl (C=O) groups excluding carboxylic acids is 3. The van der Waals surface area contributed by atoms with Crippen molar-refractivity contribution in [3.63, 3.8) is 0 Å². The molecule has 25 heavy (non-hydrogen) atoms. The van der Waals surface area contributed by atoms with Crippen LogP contribution >= 0.6 is 11.6 Å². The predicted octanol–water partition coefficient (Wildman–Crippen LogP) is 2.90. The average Bonchev–Trinajstić information content (AvgIpc) is 3.06. The van der Waals surface area contributed by atoms with Gasteiger partial charge in [-0.2, -0.15) is 0 Å². The third-order valence-corrected chi connectivity index (χ3v) is 4.10. The molecule has 1 aromatic heterocycles. The molecule has 0 radical (unpaired) electrons. The van der Waals surface area contributed by atoms with Crippen molar-refractivity contribution in [3.05, 3.63) is 58.9 Å². The molecule has 0 atom stereocenters. The first kappa shape index (κ1) is 17.1. The predicted molar refractivity (Wildman–Crippen MR) is 91.9 cm³/mol. The third kappa shape index (κ3) is 4.03. The zero-order valence-electron chi connectivity index (χ0n) is 13.3. The van der Waals surface area contributed by atoms with Gasteiger partial charge in [0, 0.05) is 30.4 Å². The number of pyridine rings is 1. The van der Waals surface area contributed by atoms with Crippen LogP contribution in [0.4, 0.5) is 5.69 Å². The molecule has 1 saturated heterocycles. The molecular weight excluding hydrogens is 344 g/mol. The second-order valence-electron chi connectivity index (χ2n) is 5.56. The Morgan fingerprint density at radius 2 is 1.84 bits per heavy atom. The van der Waals surface area contributed by atoms with E-state index in [4.69, 9.17) is 16.3 Å². The third-order valence-electron chi connectivity index (χ3n) is 3.87. The topological polar surface area (TPSA) is 76.6 Å². The zero-order chi connectivity index (χ0) is 17.8. The monoisotopic (exact) mass is 358 g/mol. The van der Waals surface area contributed by atoms with Crippen molar-refractivity contribution in [1.29, 1.82) is 0 Å². The molecule has 1 amide bonds. The highest BCUT2D eigenvalue weighted by atomic mass is 35.5. The number of hydrogen-bond donors (Lipinski definition) is 0. The van der Waals surface area contributed by atoms with Gasteiger partial charge in [-0.3, -0.25) is 9.59 Å². The van der Waals surface area contributed by atoms with Gasteiger partial charge in [-0.25, -0.2) is 9.78 Å². The summed E-state index contributed by atoms with van der Waals surface area (Å²) in [6.45, 7) is 0.322. The molecule has 3 rings (SSSR count). The first-order chi connectivity index (χ1) is 12.0. The number of ketones is 1. The van der Waals surface area contributed by atoms with Crippen molar-refractivity contribution >= 4 is 34.9 Å². The minimum Gasteiger partial charge on any atom is -0.454 e. The number of anilines is 1. The Kier molecular flexibility index (Phi) is 5.09. The molecule has 0 unspecified atom stereocenters. The van der Waals surface area contributed by atoms with E-state index in [2.05, 4.69) is 4.98 Å². The highest BCUT2D eigenvalue weighted by Crippen LogP contribution is 2.21. The van der Waals surface area contributed by atoms with Gasteiger partial charge in [-0.05, 0) is 42.8 Å². The van der Waals surface area contributed by atoms with E-state index in [9.17, 15) is 14.4 Å². The molecule has 0 aliphatic carbocycles. The maximum atomic E-state index is 12.1.